The van der Waals surface area contributed by atoms with E-state index in [0.717, 1.165) is 32.1 Å². The first-order valence-corrected chi connectivity index (χ1v) is 15.6. The molecule has 1 atom stereocenters. The zero-order valence-electron chi connectivity index (χ0n) is 16.5. The van der Waals surface area contributed by atoms with Crippen molar-refractivity contribution in [2.75, 3.05) is 0 Å². The van der Waals surface area contributed by atoms with Crippen LogP contribution in [0.4, 0.5) is 5.69 Å². The van der Waals surface area contributed by atoms with Gasteiger partial charge in [0.2, 0.25) is 5.91 Å². The van der Waals surface area contributed by atoms with Crippen LogP contribution in [0.3, 0.4) is 0 Å². The second-order valence-electron chi connectivity index (χ2n) is 6.90. The fraction of sp³-hybridized carbons (Fsp3) is 0.429. The van der Waals surface area contributed by atoms with Gasteiger partial charge in [0.15, 0.2) is 11.5 Å². The first-order valence-electron chi connectivity index (χ1n) is 9.33. The lowest BCUT2D eigenvalue weighted by atomic mass is 9.82. The van der Waals surface area contributed by atoms with E-state index in [0.29, 0.717) is 11.3 Å². The summed E-state index contributed by atoms with van der Waals surface area (Å²) in [6.07, 6.45) is 6.66. The average molecular weight is 621 g/mol. The number of Topliss-reactive ketones (excluding diaryl/α,β-unsaturated/α-hetero) is 1. The van der Waals surface area contributed by atoms with Crippen molar-refractivity contribution in [1.82, 2.24) is 10.6 Å². The maximum Gasteiger partial charge on any atom is 0.268 e. The van der Waals surface area contributed by atoms with Gasteiger partial charge in [-0.15, -0.1) is 0 Å². The van der Waals surface area contributed by atoms with Crippen LogP contribution in [0.15, 0.2) is 30.0 Å². The topological polar surface area (TPSA) is 79.6 Å². The number of hydrogen-bond acceptors (Lipinski definition) is 3. The SMILES string of the molecule is II.[C-]#[N+]c1ccc(/C=C(\NC(C)=O)C(=O)NC(C(C)=O)C2CCCCC2)cc1. The van der Waals surface area contributed by atoms with Gasteiger partial charge in [-0.2, -0.15) is 0 Å². The van der Waals surface area contributed by atoms with Gasteiger partial charge in [0, 0.05) is 44.2 Å². The molecule has 0 spiro atoms. The van der Waals surface area contributed by atoms with E-state index in [-0.39, 0.29) is 23.3 Å². The summed E-state index contributed by atoms with van der Waals surface area (Å²) in [7, 11) is 0. The Morgan fingerprint density at radius 3 is 2.17 bits per heavy atom. The number of ketones is 1. The summed E-state index contributed by atoms with van der Waals surface area (Å²) in [5, 5.41) is 5.36. The number of amides is 2. The molecule has 0 aromatic heterocycles. The summed E-state index contributed by atoms with van der Waals surface area (Å²) >= 11 is 4.24. The van der Waals surface area contributed by atoms with Crippen molar-refractivity contribution >= 4 is 66.6 Å². The van der Waals surface area contributed by atoms with E-state index >= 15 is 0 Å². The zero-order chi connectivity index (χ0) is 21.8. The zero-order valence-corrected chi connectivity index (χ0v) is 20.8. The number of carbonyl (C=O) groups is 3. The second kappa shape index (κ2) is 13.7. The van der Waals surface area contributed by atoms with E-state index < -0.39 is 11.9 Å². The number of hydrogen-bond donors (Lipinski definition) is 2. The average Bonchev–Trinajstić information content (AvgIpc) is 2.73. The molecule has 2 N–H and O–H groups in total. The van der Waals surface area contributed by atoms with Crippen LogP contribution >= 0.6 is 37.2 Å². The Kier molecular flexibility index (Phi) is 12.1. The highest BCUT2D eigenvalue weighted by molar-refractivity contribution is 15.0. The Morgan fingerprint density at radius 1 is 1.10 bits per heavy atom. The summed E-state index contributed by atoms with van der Waals surface area (Å²) in [5.41, 5.74) is 1.25. The lowest BCUT2D eigenvalue weighted by Crippen LogP contribution is -2.47. The summed E-state index contributed by atoms with van der Waals surface area (Å²) in [6.45, 7) is 9.80. The lowest BCUT2D eigenvalue weighted by molar-refractivity contribution is -0.127. The van der Waals surface area contributed by atoms with Crippen LogP contribution in [0.25, 0.3) is 10.9 Å². The molecule has 0 bridgehead atoms. The number of benzene rings is 1. The number of halogens is 2. The van der Waals surface area contributed by atoms with Crippen LogP contribution in [0.5, 0.6) is 0 Å². The molecule has 1 aromatic carbocycles. The van der Waals surface area contributed by atoms with Crippen molar-refractivity contribution in [2.24, 2.45) is 5.92 Å². The number of nitrogens with one attached hydrogen (secondary N) is 2. The normalized spacial score (nSPS) is 15.2. The largest absolute Gasteiger partial charge is 0.341 e. The van der Waals surface area contributed by atoms with Gasteiger partial charge in [0.05, 0.1) is 12.6 Å². The van der Waals surface area contributed by atoms with E-state index in [2.05, 4.69) is 52.7 Å². The number of nitrogens with zero attached hydrogens (tertiary/aromatic N) is 1. The van der Waals surface area contributed by atoms with Crippen molar-refractivity contribution in [3.8, 4) is 0 Å². The van der Waals surface area contributed by atoms with Crippen molar-refractivity contribution in [2.45, 2.75) is 52.0 Å². The molecule has 29 heavy (non-hydrogen) atoms. The van der Waals surface area contributed by atoms with Crippen LogP contribution in [0.2, 0.25) is 0 Å². The van der Waals surface area contributed by atoms with Gasteiger partial charge in [-0.05, 0) is 37.3 Å². The molecule has 1 aromatic rings. The molecular formula is C21H25I2N3O3. The summed E-state index contributed by atoms with van der Waals surface area (Å²) in [4.78, 5) is 39.7. The Bertz CT molecular complexity index is 779. The third-order valence-corrected chi connectivity index (χ3v) is 4.73. The minimum atomic E-state index is -0.542. The third kappa shape index (κ3) is 8.82. The highest BCUT2D eigenvalue weighted by Gasteiger charge is 2.29. The highest BCUT2D eigenvalue weighted by atomic mass is 128. The van der Waals surface area contributed by atoms with E-state index in [4.69, 9.17) is 6.57 Å². The molecule has 6 nitrogen and oxygen atoms in total. The van der Waals surface area contributed by atoms with Crippen LogP contribution in [-0.4, -0.2) is 23.6 Å². The first kappa shape index (κ1) is 25.6. The Hall–Kier alpha value is -1.48. The van der Waals surface area contributed by atoms with Gasteiger partial charge in [-0.3, -0.25) is 14.4 Å². The Balaban J connectivity index is 0.00000204. The van der Waals surface area contributed by atoms with Crippen LogP contribution in [0.1, 0.15) is 51.5 Å². The van der Waals surface area contributed by atoms with Crippen molar-refractivity contribution < 1.29 is 14.4 Å². The monoisotopic (exact) mass is 621 g/mol. The van der Waals surface area contributed by atoms with Crippen LogP contribution in [-0.2, 0) is 14.4 Å². The standard InChI is InChI=1S/C21H25N3O3.I2/c1-14(25)20(17-7-5-4-6-8-17)24-21(27)19(23-15(2)26)13-16-9-11-18(22-3)12-10-16;1-2/h9-13,17,20H,4-8H2,1-2H3,(H,23,26)(H,24,27);/b19-13-;. The van der Waals surface area contributed by atoms with E-state index in [9.17, 15) is 14.4 Å². The maximum atomic E-state index is 12.8. The van der Waals surface area contributed by atoms with Gasteiger partial charge >= 0.3 is 0 Å². The molecule has 0 aliphatic heterocycles. The summed E-state index contributed by atoms with van der Waals surface area (Å²) in [6, 6.07) is 6.14. The molecule has 1 saturated carbocycles. The van der Waals surface area contributed by atoms with Gasteiger partial charge in [-0.1, -0.05) is 43.5 Å². The Labute approximate surface area is 195 Å². The van der Waals surface area contributed by atoms with Gasteiger partial charge in [-0.25, -0.2) is 4.85 Å². The van der Waals surface area contributed by atoms with E-state index in [1.54, 1.807) is 30.3 Å². The fourth-order valence-corrected chi connectivity index (χ4v) is 3.40. The van der Waals surface area contributed by atoms with Crippen molar-refractivity contribution in [1.29, 1.82) is 0 Å². The molecule has 8 heteroatoms. The molecule has 1 fully saturated rings. The first-order chi connectivity index (χ1) is 13.9. The van der Waals surface area contributed by atoms with Gasteiger partial charge in [0.1, 0.15) is 5.70 Å². The lowest BCUT2D eigenvalue weighted by Gasteiger charge is -2.29. The predicted molar refractivity (Wildman–Crippen MR) is 132 cm³/mol. The molecular weight excluding hydrogens is 596 g/mol. The van der Waals surface area contributed by atoms with Crippen molar-refractivity contribution in [3.63, 3.8) is 0 Å². The summed E-state index contributed by atoms with van der Waals surface area (Å²) in [5.74, 6) is -0.785. The molecule has 1 aliphatic rings. The third-order valence-electron chi connectivity index (χ3n) is 4.73. The maximum absolute atomic E-state index is 12.8. The van der Waals surface area contributed by atoms with Crippen LogP contribution in [0, 0.1) is 12.5 Å². The quantitative estimate of drug-likeness (QED) is 0.263. The molecule has 0 saturated heterocycles. The molecule has 0 radical (unpaired) electrons. The molecule has 156 valence electrons. The minimum Gasteiger partial charge on any atom is -0.341 e. The van der Waals surface area contributed by atoms with Gasteiger partial charge in [0.25, 0.3) is 5.91 Å². The minimum absolute atomic E-state index is 0.0705. The van der Waals surface area contributed by atoms with Gasteiger partial charge < -0.3 is 10.6 Å². The Morgan fingerprint density at radius 2 is 1.69 bits per heavy atom. The smallest absolute Gasteiger partial charge is 0.268 e. The second-order valence-corrected chi connectivity index (χ2v) is 6.90. The number of rotatable bonds is 6. The molecule has 1 aliphatic carbocycles. The molecule has 2 rings (SSSR count). The molecule has 0 heterocycles. The van der Waals surface area contributed by atoms with E-state index in [1.165, 1.54) is 13.8 Å². The summed E-state index contributed by atoms with van der Waals surface area (Å²) < 4.78 is 0. The highest BCUT2D eigenvalue weighted by Crippen LogP contribution is 2.27. The van der Waals surface area contributed by atoms with Crippen LogP contribution < -0.4 is 10.6 Å². The van der Waals surface area contributed by atoms with Crippen molar-refractivity contribution in [3.05, 3.63) is 46.9 Å². The predicted octanol–water partition coefficient (Wildman–Crippen LogP) is 5.14. The van der Waals surface area contributed by atoms with E-state index in [1.807, 2.05) is 0 Å². The molecule has 2 amide bonds. The number of carbonyl (C=O) groups excluding carboxylic acids is 3. The molecule has 1 unspecified atom stereocenters. The fourth-order valence-electron chi connectivity index (χ4n) is 3.40.